The maximum absolute atomic E-state index is 13.2. The van der Waals surface area contributed by atoms with Crippen LogP contribution in [-0.2, 0) is 0 Å². The normalized spacial score (nSPS) is 16.4. The Bertz CT molecular complexity index is 852. The molecule has 1 N–H and O–H groups in total. The molecule has 130 valence electrons. The Hall–Kier alpha value is -2.47. The molecule has 25 heavy (non-hydrogen) atoms. The van der Waals surface area contributed by atoms with Gasteiger partial charge in [-0.05, 0) is 57.1 Å². The summed E-state index contributed by atoms with van der Waals surface area (Å²) in [4.78, 5) is 7.14. The van der Waals surface area contributed by atoms with Crippen molar-refractivity contribution in [3.05, 3.63) is 48.4 Å². The first kappa shape index (κ1) is 16.0. The zero-order chi connectivity index (χ0) is 17.2. The maximum Gasteiger partial charge on any atom is 0.157 e. The van der Waals surface area contributed by atoms with Gasteiger partial charge in [-0.3, -0.25) is 4.90 Å². The largest absolute Gasteiger partial charge is 0.368 e. The van der Waals surface area contributed by atoms with E-state index in [0.29, 0.717) is 6.04 Å². The van der Waals surface area contributed by atoms with Crippen LogP contribution in [0.1, 0.15) is 19.8 Å². The number of aromatic nitrogens is 3. The molecule has 5 nitrogen and oxygen atoms in total. The van der Waals surface area contributed by atoms with Crippen LogP contribution in [0.5, 0.6) is 0 Å². The fourth-order valence-electron chi connectivity index (χ4n) is 3.37. The average Bonchev–Trinajstić information content (AvgIpc) is 3.31. The Labute approximate surface area is 146 Å². The number of anilines is 1. The van der Waals surface area contributed by atoms with Crippen LogP contribution in [0.15, 0.2) is 42.6 Å². The van der Waals surface area contributed by atoms with Crippen LogP contribution in [-0.4, -0.2) is 45.2 Å². The Morgan fingerprint density at radius 1 is 1.16 bits per heavy atom. The van der Waals surface area contributed by atoms with Gasteiger partial charge in [0, 0.05) is 30.3 Å². The highest BCUT2D eigenvalue weighted by atomic mass is 19.1. The smallest absolute Gasteiger partial charge is 0.157 e. The van der Waals surface area contributed by atoms with Crippen molar-refractivity contribution < 1.29 is 4.39 Å². The molecule has 1 fully saturated rings. The predicted octanol–water partition coefficient (Wildman–Crippen LogP) is 3.43. The SMILES string of the molecule is CC(CNc1cc(-c2ccc(F)cc2)nc2ccnn12)N1CCCC1. The van der Waals surface area contributed by atoms with Crippen LogP contribution in [0, 0.1) is 5.82 Å². The van der Waals surface area contributed by atoms with Crippen LogP contribution in [0.25, 0.3) is 16.9 Å². The number of benzene rings is 1. The standard InChI is InChI=1S/C19H22FN5/c1-14(24-10-2-3-11-24)13-21-19-12-17(15-4-6-16(20)7-5-15)23-18-8-9-22-25(18)19/h4-9,12,14,21H,2-3,10-11,13H2,1H3. The van der Waals surface area contributed by atoms with E-state index in [4.69, 9.17) is 0 Å². The monoisotopic (exact) mass is 339 g/mol. The molecule has 0 saturated carbocycles. The lowest BCUT2D eigenvalue weighted by atomic mass is 10.1. The first-order valence-electron chi connectivity index (χ1n) is 8.79. The third-order valence-corrected chi connectivity index (χ3v) is 4.84. The van der Waals surface area contributed by atoms with Gasteiger partial charge in [-0.15, -0.1) is 0 Å². The molecule has 0 aliphatic carbocycles. The summed E-state index contributed by atoms with van der Waals surface area (Å²) in [6, 6.07) is 10.7. The third-order valence-electron chi connectivity index (χ3n) is 4.84. The fourth-order valence-corrected chi connectivity index (χ4v) is 3.37. The van der Waals surface area contributed by atoms with Gasteiger partial charge < -0.3 is 5.32 Å². The summed E-state index contributed by atoms with van der Waals surface area (Å²) < 4.78 is 15.0. The summed E-state index contributed by atoms with van der Waals surface area (Å²) in [5, 5.41) is 7.88. The molecule has 0 amide bonds. The number of likely N-dealkylation sites (tertiary alicyclic amines) is 1. The van der Waals surface area contributed by atoms with Gasteiger partial charge in [0.1, 0.15) is 11.6 Å². The van der Waals surface area contributed by atoms with E-state index in [0.717, 1.165) is 29.3 Å². The zero-order valence-corrected chi connectivity index (χ0v) is 14.3. The predicted molar refractivity (Wildman–Crippen MR) is 97.1 cm³/mol. The van der Waals surface area contributed by atoms with E-state index >= 15 is 0 Å². The van der Waals surface area contributed by atoms with Gasteiger partial charge in [0.25, 0.3) is 0 Å². The Balaban J connectivity index is 1.60. The second kappa shape index (κ2) is 6.80. The van der Waals surface area contributed by atoms with Crippen LogP contribution >= 0.6 is 0 Å². The van der Waals surface area contributed by atoms with Gasteiger partial charge in [-0.25, -0.2) is 9.37 Å². The molecule has 1 saturated heterocycles. The van der Waals surface area contributed by atoms with E-state index < -0.39 is 0 Å². The molecule has 6 heteroatoms. The second-order valence-electron chi connectivity index (χ2n) is 6.61. The molecule has 1 atom stereocenters. The fraction of sp³-hybridized carbons (Fsp3) is 0.368. The van der Waals surface area contributed by atoms with Crippen molar-refractivity contribution >= 4 is 11.5 Å². The Kier molecular flexibility index (Phi) is 4.36. The molecule has 1 aromatic carbocycles. The Morgan fingerprint density at radius 2 is 1.92 bits per heavy atom. The van der Waals surface area contributed by atoms with Gasteiger partial charge >= 0.3 is 0 Å². The summed E-state index contributed by atoms with van der Waals surface area (Å²) in [5.41, 5.74) is 2.48. The summed E-state index contributed by atoms with van der Waals surface area (Å²) in [6.07, 6.45) is 4.32. The zero-order valence-electron chi connectivity index (χ0n) is 14.3. The molecule has 3 aromatic rings. The summed E-state index contributed by atoms with van der Waals surface area (Å²) in [6.45, 7) is 5.46. The van der Waals surface area contributed by atoms with Crippen LogP contribution < -0.4 is 5.32 Å². The molecule has 1 aliphatic rings. The van der Waals surface area contributed by atoms with E-state index in [1.54, 1.807) is 18.3 Å². The molecular formula is C19H22FN5. The highest BCUT2D eigenvalue weighted by Crippen LogP contribution is 2.23. The van der Waals surface area contributed by atoms with Crippen molar-refractivity contribution in [1.29, 1.82) is 0 Å². The van der Waals surface area contributed by atoms with Gasteiger partial charge in [0.05, 0.1) is 11.9 Å². The van der Waals surface area contributed by atoms with Gasteiger partial charge in [-0.2, -0.15) is 9.61 Å². The first-order chi connectivity index (χ1) is 12.2. The molecule has 1 aliphatic heterocycles. The van der Waals surface area contributed by atoms with Crippen LogP contribution in [0.2, 0.25) is 0 Å². The molecular weight excluding hydrogens is 317 g/mol. The van der Waals surface area contributed by atoms with E-state index in [-0.39, 0.29) is 5.82 Å². The lowest BCUT2D eigenvalue weighted by Crippen LogP contribution is -2.35. The summed E-state index contributed by atoms with van der Waals surface area (Å²) in [5.74, 6) is 0.660. The van der Waals surface area contributed by atoms with Gasteiger partial charge in [0.2, 0.25) is 0 Å². The molecule has 0 spiro atoms. The third kappa shape index (κ3) is 3.35. The summed E-state index contributed by atoms with van der Waals surface area (Å²) in [7, 11) is 0. The van der Waals surface area contributed by atoms with Gasteiger partial charge in [-0.1, -0.05) is 0 Å². The van der Waals surface area contributed by atoms with Crippen molar-refractivity contribution in [1.82, 2.24) is 19.5 Å². The van der Waals surface area contributed by atoms with E-state index in [2.05, 4.69) is 27.2 Å². The summed E-state index contributed by atoms with van der Waals surface area (Å²) >= 11 is 0. The molecule has 3 heterocycles. The number of hydrogen-bond acceptors (Lipinski definition) is 4. The minimum Gasteiger partial charge on any atom is -0.368 e. The number of rotatable bonds is 5. The second-order valence-corrected chi connectivity index (χ2v) is 6.61. The van der Waals surface area contributed by atoms with Crippen molar-refractivity contribution in [2.45, 2.75) is 25.8 Å². The molecule has 4 rings (SSSR count). The lowest BCUT2D eigenvalue weighted by molar-refractivity contribution is 0.269. The van der Waals surface area contributed by atoms with E-state index in [1.807, 2.05) is 16.6 Å². The number of nitrogens with one attached hydrogen (secondary N) is 1. The topological polar surface area (TPSA) is 45.5 Å². The lowest BCUT2D eigenvalue weighted by Gasteiger charge is -2.24. The first-order valence-corrected chi connectivity index (χ1v) is 8.79. The molecule has 1 unspecified atom stereocenters. The van der Waals surface area contributed by atoms with Crippen molar-refractivity contribution in [3.63, 3.8) is 0 Å². The van der Waals surface area contributed by atoms with E-state index in [1.165, 1.54) is 38.1 Å². The highest BCUT2D eigenvalue weighted by Gasteiger charge is 2.18. The Morgan fingerprint density at radius 3 is 2.68 bits per heavy atom. The average molecular weight is 339 g/mol. The van der Waals surface area contributed by atoms with Crippen molar-refractivity contribution in [2.24, 2.45) is 0 Å². The van der Waals surface area contributed by atoms with Crippen molar-refractivity contribution in [2.75, 3.05) is 25.0 Å². The van der Waals surface area contributed by atoms with Gasteiger partial charge in [0.15, 0.2) is 5.65 Å². The minimum atomic E-state index is -0.244. The van der Waals surface area contributed by atoms with Crippen LogP contribution in [0.3, 0.4) is 0 Å². The van der Waals surface area contributed by atoms with Crippen molar-refractivity contribution in [3.8, 4) is 11.3 Å². The highest BCUT2D eigenvalue weighted by molar-refractivity contribution is 5.66. The molecule has 2 aromatic heterocycles. The number of halogens is 1. The number of nitrogens with zero attached hydrogens (tertiary/aromatic N) is 4. The number of hydrogen-bond donors (Lipinski definition) is 1. The van der Waals surface area contributed by atoms with E-state index in [9.17, 15) is 4.39 Å². The molecule has 0 bridgehead atoms. The van der Waals surface area contributed by atoms with Crippen LogP contribution in [0.4, 0.5) is 10.2 Å². The molecule has 0 radical (unpaired) electrons. The maximum atomic E-state index is 13.2. The minimum absolute atomic E-state index is 0.244. The number of fused-ring (bicyclic) bond motifs is 1. The quantitative estimate of drug-likeness (QED) is 0.773.